The van der Waals surface area contributed by atoms with Crippen molar-refractivity contribution in [3.63, 3.8) is 0 Å². The molecule has 170 valence electrons. The number of hydrogen-bond donors (Lipinski definition) is 3. The molecule has 1 aliphatic heterocycles. The molecule has 3 aliphatic rings. The minimum atomic E-state index is -3.82. The molecule has 1 aromatic carbocycles. The lowest BCUT2D eigenvalue weighted by Crippen LogP contribution is -2.50. The molecule has 8 nitrogen and oxygen atoms in total. The van der Waals surface area contributed by atoms with Gasteiger partial charge in [0.2, 0.25) is 10.0 Å². The summed E-state index contributed by atoms with van der Waals surface area (Å²) in [5, 5.41) is 5.02. The van der Waals surface area contributed by atoms with Crippen molar-refractivity contribution < 1.29 is 18.0 Å². The van der Waals surface area contributed by atoms with Gasteiger partial charge in [-0.2, -0.15) is 0 Å². The maximum absolute atomic E-state index is 12.8. The second-order valence-electron chi connectivity index (χ2n) is 9.13. The number of nitrogens with zero attached hydrogens (tertiary/aromatic N) is 1. The molecular formula is C22H32N4O4S. The van der Waals surface area contributed by atoms with Gasteiger partial charge in [0.15, 0.2) is 0 Å². The zero-order chi connectivity index (χ0) is 22.2. The number of likely N-dealkylation sites (tertiary alicyclic amines) is 1. The molecule has 0 atom stereocenters. The normalized spacial score (nSPS) is 18.6. The molecule has 31 heavy (non-hydrogen) atoms. The number of amides is 4. The largest absolute Gasteiger partial charge is 0.336 e. The van der Waals surface area contributed by atoms with Crippen LogP contribution in [0.3, 0.4) is 0 Å². The van der Waals surface area contributed by atoms with E-state index in [9.17, 15) is 18.0 Å². The summed E-state index contributed by atoms with van der Waals surface area (Å²) in [5.74, 6) is 0. The molecule has 0 bridgehead atoms. The number of carbonyl (C=O) groups is 2. The van der Waals surface area contributed by atoms with E-state index >= 15 is 0 Å². The molecule has 1 aromatic rings. The van der Waals surface area contributed by atoms with Crippen molar-refractivity contribution in [1.29, 1.82) is 0 Å². The van der Waals surface area contributed by atoms with Crippen LogP contribution >= 0.6 is 0 Å². The second kappa shape index (κ2) is 8.68. The standard InChI is InChI=1S/C22H32N4O4S/c1-14(2)23-22(28)26-11-9-17(10-12-26)31(29,30)25-21(27)24-20-18-7-3-5-15(18)13-16-6-4-8-19(16)20/h13-14,17H,3-12H2,1-2H3,(H,23,28)(H2,24,25,27). The Morgan fingerprint density at radius 1 is 1.00 bits per heavy atom. The molecule has 0 saturated carbocycles. The Hall–Kier alpha value is -2.29. The maximum atomic E-state index is 12.8. The number of hydrogen-bond acceptors (Lipinski definition) is 4. The third kappa shape index (κ3) is 4.66. The monoisotopic (exact) mass is 448 g/mol. The van der Waals surface area contributed by atoms with Crippen LogP contribution in [0.2, 0.25) is 0 Å². The van der Waals surface area contributed by atoms with Crippen LogP contribution in [0.1, 0.15) is 61.8 Å². The number of benzene rings is 1. The van der Waals surface area contributed by atoms with E-state index in [0.717, 1.165) is 55.3 Å². The van der Waals surface area contributed by atoms with E-state index in [4.69, 9.17) is 0 Å². The predicted octanol–water partition coefficient (Wildman–Crippen LogP) is 2.70. The lowest BCUT2D eigenvalue weighted by Gasteiger charge is -2.32. The van der Waals surface area contributed by atoms with Gasteiger partial charge in [0, 0.05) is 24.8 Å². The highest BCUT2D eigenvalue weighted by atomic mass is 32.2. The third-order valence-corrected chi connectivity index (χ3v) is 8.35. The van der Waals surface area contributed by atoms with Crippen LogP contribution in [0.15, 0.2) is 6.07 Å². The van der Waals surface area contributed by atoms with Crippen LogP contribution in [0.25, 0.3) is 0 Å². The van der Waals surface area contributed by atoms with E-state index in [2.05, 4.69) is 21.4 Å². The number of fused-ring (bicyclic) bond motifs is 2. The first-order valence-corrected chi connectivity index (χ1v) is 12.8. The van der Waals surface area contributed by atoms with Crippen molar-refractivity contribution in [3.8, 4) is 0 Å². The number of nitrogens with one attached hydrogen (secondary N) is 3. The highest BCUT2D eigenvalue weighted by molar-refractivity contribution is 7.90. The van der Waals surface area contributed by atoms with Crippen LogP contribution in [0.4, 0.5) is 15.3 Å². The number of anilines is 1. The Morgan fingerprint density at radius 3 is 2.13 bits per heavy atom. The average Bonchev–Trinajstić information content (AvgIpc) is 3.36. The zero-order valence-electron chi connectivity index (χ0n) is 18.3. The van der Waals surface area contributed by atoms with E-state index in [1.807, 2.05) is 13.8 Å². The summed E-state index contributed by atoms with van der Waals surface area (Å²) >= 11 is 0. The number of sulfonamides is 1. The molecule has 1 heterocycles. The fraction of sp³-hybridized carbons (Fsp3) is 0.636. The van der Waals surface area contributed by atoms with E-state index in [-0.39, 0.29) is 12.1 Å². The third-order valence-electron chi connectivity index (χ3n) is 6.53. The molecular weight excluding hydrogens is 416 g/mol. The van der Waals surface area contributed by atoms with Gasteiger partial charge in [-0.1, -0.05) is 6.07 Å². The summed E-state index contributed by atoms with van der Waals surface area (Å²) in [4.78, 5) is 26.4. The number of carbonyl (C=O) groups excluding carboxylic acids is 2. The summed E-state index contributed by atoms with van der Waals surface area (Å²) in [5.41, 5.74) is 5.72. The zero-order valence-corrected chi connectivity index (χ0v) is 19.1. The Balaban J connectivity index is 1.39. The first kappa shape index (κ1) is 21.9. The van der Waals surface area contributed by atoms with Gasteiger partial charge < -0.3 is 15.5 Å². The van der Waals surface area contributed by atoms with E-state index in [1.54, 1.807) is 4.90 Å². The van der Waals surface area contributed by atoms with Gasteiger partial charge in [0.25, 0.3) is 0 Å². The predicted molar refractivity (Wildman–Crippen MR) is 120 cm³/mol. The fourth-order valence-corrected chi connectivity index (χ4v) is 6.33. The minimum Gasteiger partial charge on any atom is -0.336 e. The molecule has 3 N–H and O–H groups in total. The Bertz CT molecular complexity index is 949. The number of rotatable bonds is 4. The van der Waals surface area contributed by atoms with E-state index in [0.29, 0.717) is 25.9 Å². The Kier molecular flexibility index (Phi) is 6.14. The summed E-state index contributed by atoms with van der Waals surface area (Å²) in [7, 11) is -3.82. The van der Waals surface area contributed by atoms with Gasteiger partial charge in [-0.15, -0.1) is 0 Å². The fourth-order valence-electron chi connectivity index (χ4n) is 5.03. The van der Waals surface area contributed by atoms with Crippen LogP contribution in [-0.2, 0) is 35.7 Å². The van der Waals surface area contributed by atoms with Crippen LogP contribution in [0, 0.1) is 0 Å². The molecule has 0 spiro atoms. The maximum Gasteiger partial charge on any atom is 0.332 e. The van der Waals surface area contributed by atoms with E-state index in [1.165, 1.54) is 11.1 Å². The van der Waals surface area contributed by atoms with Gasteiger partial charge in [-0.25, -0.2) is 22.7 Å². The smallest absolute Gasteiger partial charge is 0.332 e. The molecule has 2 aliphatic carbocycles. The summed E-state index contributed by atoms with van der Waals surface area (Å²) < 4.78 is 27.9. The first-order valence-electron chi connectivity index (χ1n) is 11.3. The van der Waals surface area contributed by atoms with Gasteiger partial charge in [0.1, 0.15) is 0 Å². The van der Waals surface area contributed by atoms with Gasteiger partial charge >= 0.3 is 12.1 Å². The summed E-state index contributed by atoms with van der Waals surface area (Å²) in [6, 6.07) is 1.44. The van der Waals surface area contributed by atoms with Crippen molar-refractivity contribution >= 4 is 27.8 Å². The van der Waals surface area contributed by atoms with Crippen molar-refractivity contribution in [1.82, 2.24) is 14.9 Å². The van der Waals surface area contributed by atoms with Gasteiger partial charge in [-0.3, -0.25) is 0 Å². The molecule has 0 unspecified atom stereocenters. The molecule has 1 fully saturated rings. The number of urea groups is 2. The molecule has 4 rings (SSSR count). The lowest BCUT2D eigenvalue weighted by atomic mass is 9.99. The summed E-state index contributed by atoms with van der Waals surface area (Å²) in [6.07, 6.45) is 6.62. The molecule has 9 heteroatoms. The molecule has 4 amide bonds. The molecule has 0 radical (unpaired) electrons. The highest BCUT2D eigenvalue weighted by Gasteiger charge is 2.33. The van der Waals surface area contributed by atoms with Crippen molar-refractivity contribution in [2.45, 2.75) is 76.5 Å². The second-order valence-corrected chi connectivity index (χ2v) is 11.1. The van der Waals surface area contributed by atoms with Gasteiger partial charge in [-0.05, 0) is 87.5 Å². The minimum absolute atomic E-state index is 0.0280. The van der Waals surface area contributed by atoms with Crippen molar-refractivity contribution in [2.24, 2.45) is 0 Å². The van der Waals surface area contributed by atoms with Crippen molar-refractivity contribution in [2.75, 3.05) is 18.4 Å². The number of piperidine rings is 1. The van der Waals surface area contributed by atoms with Crippen LogP contribution in [0.5, 0.6) is 0 Å². The Morgan fingerprint density at radius 2 is 1.58 bits per heavy atom. The Labute approximate surface area is 184 Å². The van der Waals surface area contributed by atoms with Gasteiger partial charge in [0.05, 0.1) is 5.25 Å². The molecule has 0 aromatic heterocycles. The quantitative estimate of drug-likeness (QED) is 0.658. The van der Waals surface area contributed by atoms with Crippen molar-refractivity contribution in [3.05, 3.63) is 28.3 Å². The number of aryl methyl sites for hydroxylation is 2. The molecule has 1 saturated heterocycles. The highest BCUT2D eigenvalue weighted by Crippen LogP contribution is 2.38. The topological polar surface area (TPSA) is 108 Å². The first-order chi connectivity index (χ1) is 14.7. The van der Waals surface area contributed by atoms with E-state index < -0.39 is 21.3 Å². The average molecular weight is 449 g/mol. The lowest BCUT2D eigenvalue weighted by molar-refractivity contribution is 0.184. The van der Waals surface area contributed by atoms with Crippen LogP contribution in [-0.4, -0.2) is 49.8 Å². The van der Waals surface area contributed by atoms with Crippen LogP contribution < -0.4 is 15.4 Å². The SMILES string of the molecule is CC(C)NC(=O)N1CCC(S(=O)(=O)NC(=O)Nc2c3c(cc4c2CCC4)CCC3)CC1. The summed E-state index contributed by atoms with van der Waals surface area (Å²) in [6.45, 7) is 4.47.